The van der Waals surface area contributed by atoms with E-state index in [0.717, 1.165) is 5.56 Å². The first kappa shape index (κ1) is 16.2. The van der Waals surface area contributed by atoms with Crippen LogP contribution in [0.5, 0.6) is 11.5 Å². The molecule has 3 aromatic rings. The first-order chi connectivity index (χ1) is 11.6. The number of H-pyrrole nitrogens is 1. The summed E-state index contributed by atoms with van der Waals surface area (Å²) in [6, 6.07) is 12.3. The number of benzene rings is 2. The molecule has 0 bridgehead atoms. The van der Waals surface area contributed by atoms with E-state index in [2.05, 4.69) is 15.3 Å². The van der Waals surface area contributed by atoms with Gasteiger partial charge >= 0.3 is 0 Å². The molecule has 8 heteroatoms. The molecule has 0 unspecified atom stereocenters. The van der Waals surface area contributed by atoms with E-state index in [0.29, 0.717) is 26.9 Å². The summed E-state index contributed by atoms with van der Waals surface area (Å²) in [7, 11) is 1.49. The predicted molar refractivity (Wildman–Crippen MR) is 95.5 cm³/mol. The third-order valence-electron chi connectivity index (χ3n) is 3.30. The Balaban J connectivity index is 2.03. The molecule has 0 radical (unpaired) electrons. The Morgan fingerprint density at radius 3 is 2.88 bits per heavy atom. The first-order valence-corrected chi connectivity index (χ1v) is 7.72. The molecule has 24 heavy (non-hydrogen) atoms. The molecule has 1 aromatic heterocycles. The van der Waals surface area contributed by atoms with Gasteiger partial charge < -0.3 is 9.84 Å². The average molecular weight is 361 g/mol. The van der Waals surface area contributed by atoms with Gasteiger partial charge in [0.2, 0.25) is 4.77 Å². The average Bonchev–Trinajstić information content (AvgIpc) is 2.95. The van der Waals surface area contributed by atoms with Crippen molar-refractivity contribution in [1.82, 2.24) is 14.9 Å². The maximum atomic E-state index is 10.1. The molecule has 0 fully saturated rings. The normalized spacial score (nSPS) is 11.1. The molecular formula is C16H13ClN4O2S. The van der Waals surface area contributed by atoms with Gasteiger partial charge in [-0.15, -0.1) is 0 Å². The van der Waals surface area contributed by atoms with Gasteiger partial charge in [0.05, 0.1) is 13.3 Å². The summed E-state index contributed by atoms with van der Waals surface area (Å²) in [4.78, 5) is 0. The Bertz CT molecular complexity index is 965. The highest BCUT2D eigenvalue weighted by atomic mass is 35.5. The number of aromatic nitrogens is 3. The van der Waals surface area contributed by atoms with Crippen LogP contribution < -0.4 is 4.74 Å². The van der Waals surface area contributed by atoms with Crippen molar-refractivity contribution >= 4 is 30.0 Å². The van der Waals surface area contributed by atoms with Gasteiger partial charge in [0.25, 0.3) is 0 Å². The zero-order chi connectivity index (χ0) is 17.1. The molecule has 0 spiro atoms. The number of rotatable bonds is 4. The fourth-order valence-electron chi connectivity index (χ4n) is 2.14. The lowest BCUT2D eigenvalue weighted by Gasteiger charge is -2.05. The molecule has 0 aliphatic carbocycles. The molecule has 2 aromatic carbocycles. The van der Waals surface area contributed by atoms with Crippen LogP contribution in [-0.2, 0) is 0 Å². The summed E-state index contributed by atoms with van der Waals surface area (Å²) in [5.41, 5.74) is 1.26. The fraction of sp³-hybridized carbons (Fsp3) is 0.0625. The minimum atomic E-state index is 0.00284. The van der Waals surface area contributed by atoms with Crippen molar-refractivity contribution in [3.8, 4) is 22.9 Å². The number of aromatic hydroxyl groups is 1. The number of hydrogen-bond acceptors (Lipinski definition) is 5. The topological polar surface area (TPSA) is 75.4 Å². The van der Waals surface area contributed by atoms with Crippen LogP contribution in [0, 0.1) is 4.77 Å². The van der Waals surface area contributed by atoms with E-state index in [-0.39, 0.29) is 5.75 Å². The van der Waals surface area contributed by atoms with Crippen molar-refractivity contribution in [2.45, 2.75) is 0 Å². The van der Waals surface area contributed by atoms with Crippen LogP contribution in [0.15, 0.2) is 47.6 Å². The Morgan fingerprint density at radius 2 is 2.12 bits per heavy atom. The Hall–Kier alpha value is -2.64. The molecule has 3 rings (SSSR count). The number of phenols is 1. The number of aromatic amines is 1. The highest BCUT2D eigenvalue weighted by Gasteiger charge is 2.09. The van der Waals surface area contributed by atoms with Gasteiger partial charge in [-0.05, 0) is 36.5 Å². The van der Waals surface area contributed by atoms with Gasteiger partial charge in [0, 0.05) is 16.1 Å². The molecule has 0 aliphatic rings. The lowest BCUT2D eigenvalue weighted by Crippen LogP contribution is -1.96. The van der Waals surface area contributed by atoms with Crippen LogP contribution in [0.4, 0.5) is 0 Å². The first-order valence-electron chi connectivity index (χ1n) is 6.94. The van der Waals surface area contributed by atoms with Crippen LogP contribution in [0.2, 0.25) is 5.02 Å². The molecule has 0 aliphatic heterocycles. The van der Waals surface area contributed by atoms with Gasteiger partial charge in [-0.2, -0.15) is 14.9 Å². The van der Waals surface area contributed by atoms with Crippen LogP contribution >= 0.6 is 23.8 Å². The summed E-state index contributed by atoms with van der Waals surface area (Å²) < 4.78 is 6.86. The summed E-state index contributed by atoms with van der Waals surface area (Å²) in [6.07, 6.45) is 1.48. The number of para-hydroxylation sites is 1. The molecule has 0 saturated carbocycles. The van der Waals surface area contributed by atoms with Crippen molar-refractivity contribution in [3.63, 3.8) is 0 Å². The second kappa shape index (κ2) is 6.86. The Kier molecular flexibility index (Phi) is 4.64. The number of nitrogens with one attached hydrogen (secondary N) is 1. The third-order valence-corrected chi connectivity index (χ3v) is 3.79. The maximum absolute atomic E-state index is 10.1. The Labute approximate surface area is 148 Å². The number of methoxy groups -OCH3 is 1. The van der Waals surface area contributed by atoms with E-state index in [1.807, 2.05) is 12.1 Å². The number of hydrogen-bond donors (Lipinski definition) is 2. The zero-order valence-corrected chi connectivity index (χ0v) is 14.2. The van der Waals surface area contributed by atoms with Crippen molar-refractivity contribution in [2.24, 2.45) is 5.10 Å². The van der Waals surface area contributed by atoms with Crippen LogP contribution in [0.1, 0.15) is 5.56 Å². The highest BCUT2D eigenvalue weighted by molar-refractivity contribution is 7.71. The number of ether oxygens (including phenoxy) is 1. The number of nitrogens with zero attached hydrogens (tertiary/aromatic N) is 3. The summed E-state index contributed by atoms with van der Waals surface area (Å²) in [5.74, 6) is 0.883. The second-order valence-electron chi connectivity index (χ2n) is 4.82. The summed E-state index contributed by atoms with van der Waals surface area (Å²) >= 11 is 11.2. The molecule has 1 heterocycles. The van der Waals surface area contributed by atoms with Gasteiger partial charge in [-0.1, -0.05) is 29.8 Å². The fourth-order valence-corrected chi connectivity index (χ4v) is 2.51. The van der Waals surface area contributed by atoms with Crippen molar-refractivity contribution < 1.29 is 9.84 Å². The second-order valence-corrected chi connectivity index (χ2v) is 5.64. The molecular weight excluding hydrogens is 348 g/mol. The van der Waals surface area contributed by atoms with Crippen molar-refractivity contribution in [3.05, 3.63) is 57.8 Å². The molecule has 0 atom stereocenters. The minimum Gasteiger partial charge on any atom is -0.504 e. The number of phenolic OH excluding ortho intramolecular Hbond substituents is 1. The monoisotopic (exact) mass is 360 g/mol. The third kappa shape index (κ3) is 3.17. The predicted octanol–water partition coefficient (Wildman–Crippen LogP) is 3.86. The molecule has 2 N–H and O–H groups in total. The molecule has 0 saturated heterocycles. The van der Waals surface area contributed by atoms with E-state index in [1.54, 1.807) is 30.3 Å². The van der Waals surface area contributed by atoms with Crippen LogP contribution in [-0.4, -0.2) is 33.3 Å². The zero-order valence-electron chi connectivity index (χ0n) is 12.6. The lowest BCUT2D eigenvalue weighted by atomic mass is 10.2. The van der Waals surface area contributed by atoms with Crippen LogP contribution in [0.25, 0.3) is 11.4 Å². The van der Waals surface area contributed by atoms with Crippen molar-refractivity contribution in [2.75, 3.05) is 7.11 Å². The summed E-state index contributed by atoms with van der Waals surface area (Å²) in [6.45, 7) is 0. The van der Waals surface area contributed by atoms with E-state index < -0.39 is 0 Å². The standard InChI is InChI=1S/C16H13ClN4O2S/c1-23-13-7-3-5-11(14(13)22)9-18-21-15(19-20-16(21)24)10-4-2-6-12(17)8-10/h2-9,22H,1H3,(H,20,24)/b18-9+. The van der Waals surface area contributed by atoms with E-state index in [9.17, 15) is 5.11 Å². The highest BCUT2D eigenvalue weighted by Crippen LogP contribution is 2.28. The quantitative estimate of drug-likeness (QED) is 0.547. The van der Waals surface area contributed by atoms with Crippen molar-refractivity contribution in [1.29, 1.82) is 0 Å². The van der Waals surface area contributed by atoms with Gasteiger partial charge in [-0.25, -0.2) is 5.10 Å². The van der Waals surface area contributed by atoms with Crippen LogP contribution in [0.3, 0.4) is 0 Å². The van der Waals surface area contributed by atoms with Gasteiger partial charge in [-0.3, -0.25) is 0 Å². The van der Waals surface area contributed by atoms with Gasteiger partial charge in [0.15, 0.2) is 17.3 Å². The molecule has 6 nitrogen and oxygen atoms in total. The molecule has 122 valence electrons. The SMILES string of the molecule is COc1cccc(/C=N/n2c(-c3cccc(Cl)c3)n[nH]c2=S)c1O. The minimum absolute atomic E-state index is 0.00284. The summed E-state index contributed by atoms with van der Waals surface area (Å²) in [5, 5.41) is 21.9. The van der Waals surface area contributed by atoms with Gasteiger partial charge in [0.1, 0.15) is 0 Å². The maximum Gasteiger partial charge on any atom is 0.216 e. The molecule has 0 amide bonds. The smallest absolute Gasteiger partial charge is 0.216 e. The Morgan fingerprint density at radius 1 is 1.33 bits per heavy atom. The number of halogens is 1. The largest absolute Gasteiger partial charge is 0.504 e. The lowest BCUT2D eigenvalue weighted by molar-refractivity contribution is 0.373. The van der Waals surface area contributed by atoms with E-state index in [4.69, 9.17) is 28.6 Å². The van der Waals surface area contributed by atoms with E-state index in [1.165, 1.54) is 18.0 Å². The van der Waals surface area contributed by atoms with E-state index >= 15 is 0 Å².